The fraction of sp³-hybridized carbons (Fsp3) is 0.471. The van der Waals surface area contributed by atoms with Gasteiger partial charge in [0.25, 0.3) is 0 Å². The van der Waals surface area contributed by atoms with E-state index in [4.69, 9.17) is 11.6 Å². The highest BCUT2D eigenvalue weighted by molar-refractivity contribution is 6.30. The lowest BCUT2D eigenvalue weighted by Gasteiger charge is -2.37. The summed E-state index contributed by atoms with van der Waals surface area (Å²) in [4.78, 5) is 16.8. The summed E-state index contributed by atoms with van der Waals surface area (Å²) < 4.78 is 0. The molecule has 1 atom stereocenters. The molecule has 0 aliphatic carbocycles. The van der Waals surface area contributed by atoms with Crippen LogP contribution in [-0.4, -0.2) is 62.0 Å². The minimum absolute atomic E-state index is 0.0171. The Hall–Kier alpha value is -1.36. The Balaban J connectivity index is 1.89. The van der Waals surface area contributed by atoms with Crippen LogP contribution in [0.15, 0.2) is 29.8 Å². The van der Waals surface area contributed by atoms with Gasteiger partial charge < -0.3 is 10.2 Å². The zero-order chi connectivity index (χ0) is 16.1. The van der Waals surface area contributed by atoms with Crippen molar-refractivity contribution in [3.05, 3.63) is 40.4 Å². The minimum atomic E-state index is -0.0171. The smallest absolute Gasteiger partial charge is 0.246 e. The molecule has 0 saturated carbocycles. The lowest BCUT2D eigenvalue weighted by Crippen LogP contribution is -2.54. The summed E-state index contributed by atoms with van der Waals surface area (Å²) in [6.45, 7) is 5.61. The molecule has 1 saturated heterocycles. The number of hydrogen-bond donors (Lipinski definition) is 1. The molecule has 4 nitrogen and oxygen atoms in total. The SMILES string of the molecule is CC(=Cc1ccc(Cl)cc1)C(=O)NCC1CN(C)CCN1C. The quantitative estimate of drug-likeness (QED) is 0.863. The van der Waals surface area contributed by atoms with Gasteiger partial charge in [-0.05, 0) is 44.8 Å². The van der Waals surface area contributed by atoms with Crippen LogP contribution < -0.4 is 5.32 Å². The summed E-state index contributed by atoms with van der Waals surface area (Å²) in [6, 6.07) is 7.83. The average Bonchev–Trinajstić information content (AvgIpc) is 2.50. The van der Waals surface area contributed by atoms with E-state index in [-0.39, 0.29) is 5.91 Å². The first-order valence-corrected chi connectivity index (χ1v) is 7.94. The molecule has 22 heavy (non-hydrogen) atoms. The van der Waals surface area contributed by atoms with Gasteiger partial charge in [-0.25, -0.2) is 0 Å². The number of amides is 1. The number of hydrogen-bond acceptors (Lipinski definition) is 3. The Labute approximate surface area is 137 Å². The van der Waals surface area contributed by atoms with E-state index in [0.717, 1.165) is 25.2 Å². The number of piperazine rings is 1. The van der Waals surface area contributed by atoms with E-state index in [2.05, 4.69) is 29.2 Å². The number of likely N-dealkylation sites (N-methyl/N-ethyl adjacent to an activating group) is 2. The third kappa shape index (κ3) is 4.83. The Morgan fingerprint density at radius 1 is 1.32 bits per heavy atom. The van der Waals surface area contributed by atoms with Crippen LogP contribution in [0.5, 0.6) is 0 Å². The summed E-state index contributed by atoms with van der Waals surface area (Å²) in [5.41, 5.74) is 1.68. The Morgan fingerprint density at radius 2 is 2.00 bits per heavy atom. The van der Waals surface area contributed by atoms with E-state index in [9.17, 15) is 4.79 Å². The molecule has 1 aliphatic heterocycles. The van der Waals surface area contributed by atoms with Gasteiger partial charge in [0.15, 0.2) is 0 Å². The van der Waals surface area contributed by atoms with Crippen LogP contribution in [0, 0.1) is 0 Å². The molecule has 120 valence electrons. The van der Waals surface area contributed by atoms with Gasteiger partial charge in [0.1, 0.15) is 0 Å². The van der Waals surface area contributed by atoms with Gasteiger partial charge in [-0.2, -0.15) is 0 Å². The van der Waals surface area contributed by atoms with Crippen LogP contribution in [0.2, 0.25) is 5.02 Å². The van der Waals surface area contributed by atoms with Crippen LogP contribution in [0.1, 0.15) is 12.5 Å². The molecule has 1 aliphatic rings. The van der Waals surface area contributed by atoms with Crippen molar-refractivity contribution < 1.29 is 4.79 Å². The van der Waals surface area contributed by atoms with E-state index in [0.29, 0.717) is 23.2 Å². The average molecular weight is 322 g/mol. The number of carbonyl (C=O) groups is 1. The third-order valence-corrected chi connectivity index (χ3v) is 4.34. The van der Waals surface area contributed by atoms with Crippen molar-refractivity contribution in [1.29, 1.82) is 0 Å². The van der Waals surface area contributed by atoms with Crippen LogP contribution in [0.3, 0.4) is 0 Å². The van der Waals surface area contributed by atoms with Crippen molar-refractivity contribution in [1.82, 2.24) is 15.1 Å². The Morgan fingerprint density at radius 3 is 2.68 bits per heavy atom. The van der Waals surface area contributed by atoms with Crippen molar-refractivity contribution in [2.24, 2.45) is 0 Å². The molecule has 0 bridgehead atoms. The second-order valence-corrected chi connectivity index (χ2v) is 6.42. The van der Waals surface area contributed by atoms with Crippen molar-refractivity contribution >= 4 is 23.6 Å². The van der Waals surface area contributed by atoms with Crippen LogP contribution in [0.25, 0.3) is 6.08 Å². The Kier molecular flexibility index (Phi) is 6.00. The standard InChI is InChI=1S/C17H24ClN3O/c1-13(10-14-4-6-15(18)7-5-14)17(22)19-11-16-12-20(2)8-9-21(16)3/h4-7,10,16H,8-9,11-12H2,1-3H3,(H,19,22). The van der Waals surface area contributed by atoms with E-state index in [1.165, 1.54) is 0 Å². The van der Waals surface area contributed by atoms with Gasteiger partial charge in [-0.3, -0.25) is 9.69 Å². The molecule has 1 aromatic carbocycles. The molecule has 0 spiro atoms. The molecular formula is C17H24ClN3O. The van der Waals surface area contributed by atoms with Gasteiger partial charge in [-0.1, -0.05) is 23.7 Å². The predicted molar refractivity (Wildman–Crippen MR) is 92.0 cm³/mol. The third-order valence-electron chi connectivity index (χ3n) is 4.09. The molecule has 1 fully saturated rings. The maximum atomic E-state index is 12.2. The number of rotatable bonds is 4. The molecule has 2 rings (SSSR count). The molecule has 1 aromatic rings. The van der Waals surface area contributed by atoms with E-state index < -0.39 is 0 Å². The first-order valence-electron chi connectivity index (χ1n) is 7.56. The van der Waals surface area contributed by atoms with Gasteiger partial charge in [0.05, 0.1) is 0 Å². The summed E-state index contributed by atoms with van der Waals surface area (Å²) in [5.74, 6) is -0.0171. The molecule has 0 radical (unpaired) electrons. The predicted octanol–water partition coefficient (Wildman–Crippen LogP) is 2.11. The number of halogens is 1. The Bertz CT molecular complexity index is 541. The second kappa shape index (κ2) is 7.77. The fourth-order valence-corrected chi connectivity index (χ4v) is 2.67. The van der Waals surface area contributed by atoms with E-state index >= 15 is 0 Å². The van der Waals surface area contributed by atoms with Crippen molar-refractivity contribution in [3.8, 4) is 0 Å². The molecular weight excluding hydrogens is 298 g/mol. The molecule has 1 amide bonds. The number of nitrogens with one attached hydrogen (secondary N) is 1. The van der Waals surface area contributed by atoms with Gasteiger partial charge >= 0.3 is 0 Å². The van der Waals surface area contributed by atoms with Crippen molar-refractivity contribution in [2.75, 3.05) is 40.3 Å². The number of benzene rings is 1. The second-order valence-electron chi connectivity index (χ2n) is 5.99. The normalized spacial score (nSPS) is 20.9. The summed E-state index contributed by atoms with van der Waals surface area (Å²) in [7, 11) is 4.23. The monoisotopic (exact) mass is 321 g/mol. The maximum absolute atomic E-state index is 12.2. The first-order chi connectivity index (χ1) is 10.5. The molecule has 1 heterocycles. The molecule has 1 N–H and O–H groups in total. The summed E-state index contributed by atoms with van der Waals surface area (Å²) in [6.07, 6.45) is 1.88. The number of nitrogens with zero attached hydrogens (tertiary/aromatic N) is 2. The van der Waals surface area contributed by atoms with Crippen LogP contribution >= 0.6 is 11.6 Å². The first kappa shape index (κ1) is 17.0. The molecule has 0 aromatic heterocycles. The highest BCUT2D eigenvalue weighted by atomic mass is 35.5. The van der Waals surface area contributed by atoms with Gasteiger partial charge in [0, 0.05) is 42.8 Å². The van der Waals surface area contributed by atoms with Gasteiger partial charge in [0.2, 0.25) is 5.91 Å². The summed E-state index contributed by atoms with van der Waals surface area (Å²) >= 11 is 5.86. The highest BCUT2D eigenvalue weighted by Crippen LogP contribution is 2.12. The largest absolute Gasteiger partial charge is 0.351 e. The van der Waals surface area contributed by atoms with Crippen LogP contribution in [-0.2, 0) is 4.79 Å². The topological polar surface area (TPSA) is 35.6 Å². The van der Waals surface area contributed by atoms with E-state index in [1.54, 1.807) is 0 Å². The zero-order valence-electron chi connectivity index (χ0n) is 13.5. The van der Waals surface area contributed by atoms with Crippen LogP contribution in [0.4, 0.5) is 0 Å². The minimum Gasteiger partial charge on any atom is -0.351 e. The zero-order valence-corrected chi connectivity index (χ0v) is 14.2. The number of carbonyl (C=O) groups excluding carboxylic acids is 1. The van der Waals surface area contributed by atoms with Gasteiger partial charge in [-0.15, -0.1) is 0 Å². The molecule has 1 unspecified atom stereocenters. The fourth-order valence-electron chi connectivity index (χ4n) is 2.55. The highest BCUT2D eigenvalue weighted by Gasteiger charge is 2.22. The molecule has 5 heteroatoms. The summed E-state index contributed by atoms with van der Waals surface area (Å²) in [5, 5.41) is 3.73. The lowest BCUT2D eigenvalue weighted by atomic mass is 10.1. The maximum Gasteiger partial charge on any atom is 0.246 e. The van der Waals surface area contributed by atoms with Crippen molar-refractivity contribution in [2.45, 2.75) is 13.0 Å². The van der Waals surface area contributed by atoms with E-state index in [1.807, 2.05) is 37.3 Å². The van der Waals surface area contributed by atoms with Crippen molar-refractivity contribution in [3.63, 3.8) is 0 Å². The lowest BCUT2D eigenvalue weighted by molar-refractivity contribution is -0.117.